The second-order valence-electron chi connectivity index (χ2n) is 4.74. The molecule has 1 fully saturated rings. The topological polar surface area (TPSA) is 98.3 Å². The number of rotatable bonds is 2. The Morgan fingerprint density at radius 2 is 2.22 bits per heavy atom. The number of carboxylic acids is 1. The molecule has 0 spiro atoms. The molecule has 1 saturated heterocycles. The predicted molar refractivity (Wildman–Crippen MR) is 60.6 cm³/mol. The molecule has 1 atom stereocenters. The van der Waals surface area contributed by atoms with E-state index in [4.69, 9.17) is 5.11 Å². The summed E-state index contributed by atoms with van der Waals surface area (Å²) in [5, 5.41) is 11.9. The van der Waals surface area contributed by atoms with Gasteiger partial charge in [-0.15, -0.1) is 0 Å². The molecule has 0 aromatic carbocycles. The van der Waals surface area contributed by atoms with E-state index in [9.17, 15) is 9.59 Å². The molecule has 96 valence electrons. The maximum Gasteiger partial charge on any atom is 0.310 e. The van der Waals surface area contributed by atoms with Crippen molar-refractivity contribution in [1.29, 1.82) is 0 Å². The first kappa shape index (κ1) is 11.2. The van der Waals surface area contributed by atoms with Crippen LogP contribution in [-0.4, -0.2) is 51.0 Å². The fourth-order valence-electron chi connectivity index (χ4n) is 2.38. The van der Waals surface area contributed by atoms with Gasteiger partial charge in [0.05, 0.1) is 29.7 Å². The van der Waals surface area contributed by atoms with E-state index in [0.29, 0.717) is 26.1 Å². The number of amides is 1. The molecule has 0 saturated carbocycles. The lowest BCUT2D eigenvalue weighted by Crippen LogP contribution is -2.59. The van der Waals surface area contributed by atoms with Crippen LogP contribution in [0.4, 0.5) is 0 Å². The number of aromatic nitrogens is 2. The van der Waals surface area contributed by atoms with Crippen molar-refractivity contribution in [3.8, 4) is 0 Å². The number of hydrogen-bond acceptors (Lipinski definition) is 4. The second-order valence-corrected chi connectivity index (χ2v) is 4.74. The summed E-state index contributed by atoms with van der Waals surface area (Å²) in [5.74, 6) is -1.26. The lowest BCUT2D eigenvalue weighted by atomic mass is 9.97. The Morgan fingerprint density at radius 3 is 2.94 bits per heavy atom. The highest BCUT2D eigenvalue weighted by atomic mass is 16.4. The van der Waals surface area contributed by atoms with Crippen LogP contribution < -0.4 is 5.32 Å². The van der Waals surface area contributed by atoms with Crippen LogP contribution in [0, 0.1) is 5.92 Å². The number of hydrogen-bond donors (Lipinski definition) is 3. The van der Waals surface area contributed by atoms with Gasteiger partial charge in [-0.2, -0.15) is 0 Å². The Labute approximate surface area is 103 Å². The van der Waals surface area contributed by atoms with Crippen LogP contribution in [0.15, 0.2) is 6.33 Å². The van der Waals surface area contributed by atoms with E-state index in [2.05, 4.69) is 15.3 Å². The average molecular weight is 250 g/mol. The number of imidazole rings is 1. The first-order valence-electron chi connectivity index (χ1n) is 5.91. The molecule has 1 aromatic heterocycles. The van der Waals surface area contributed by atoms with E-state index >= 15 is 0 Å². The largest absolute Gasteiger partial charge is 0.481 e. The van der Waals surface area contributed by atoms with Crippen molar-refractivity contribution in [2.75, 3.05) is 13.1 Å². The first-order chi connectivity index (χ1) is 8.65. The predicted octanol–water partition coefficient (Wildman–Crippen LogP) is -1.03. The van der Waals surface area contributed by atoms with Crippen molar-refractivity contribution in [3.63, 3.8) is 0 Å². The van der Waals surface area contributed by atoms with E-state index in [0.717, 1.165) is 11.4 Å². The van der Waals surface area contributed by atoms with Gasteiger partial charge >= 0.3 is 5.97 Å². The molecule has 1 amide bonds. The third-order valence-corrected chi connectivity index (χ3v) is 3.57. The number of H-pyrrole nitrogens is 1. The maximum atomic E-state index is 12.1. The lowest BCUT2D eigenvalue weighted by Gasteiger charge is -2.39. The molecule has 7 nitrogen and oxygen atoms in total. The molecule has 0 bridgehead atoms. The van der Waals surface area contributed by atoms with E-state index in [-0.39, 0.29) is 11.9 Å². The summed E-state index contributed by atoms with van der Waals surface area (Å²) in [6, 6.07) is -0.282. The molecule has 2 aliphatic rings. The third-order valence-electron chi connectivity index (χ3n) is 3.57. The Bertz CT molecular complexity index is 492. The Balaban J connectivity index is 1.61. The minimum atomic E-state index is -0.828. The van der Waals surface area contributed by atoms with E-state index in [1.165, 1.54) is 0 Å². The number of likely N-dealkylation sites (tertiary alicyclic amines) is 1. The Kier molecular flexibility index (Phi) is 2.55. The fraction of sp³-hybridized carbons (Fsp3) is 0.545. The lowest BCUT2D eigenvalue weighted by molar-refractivity contribution is -0.153. The van der Waals surface area contributed by atoms with Crippen molar-refractivity contribution < 1.29 is 14.7 Å². The van der Waals surface area contributed by atoms with Gasteiger partial charge < -0.3 is 15.0 Å². The number of carbonyl (C=O) groups is 2. The van der Waals surface area contributed by atoms with Gasteiger partial charge in [0.1, 0.15) is 0 Å². The quantitative estimate of drug-likeness (QED) is 0.623. The van der Waals surface area contributed by atoms with Gasteiger partial charge in [0.15, 0.2) is 0 Å². The number of nitrogens with one attached hydrogen (secondary N) is 2. The number of carbonyl (C=O) groups excluding carboxylic acids is 1. The smallest absolute Gasteiger partial charge is 0.310 e. The van der Waals surface area contributed by atoms with Crippen LogP contribution >= 0.6 is 0 Å². The van der Waals surface area contributed by atoms with Crippen LogP contribution in [0.2, 0.25) is 0 Å². The molecule has 3 N–H and O–H groups in total. The highest BCUT2D eigenvalue weighted by Gasteiger charge is 2.39. The van der Waals surface area contributed by atoms with E-state index in [1.807, 2.05) is 0 Å². The molecule has 1 unspecified atom stereocenters. The number of carboxylic acid groups (broad SMARTS) is 1. The van der Waals surface area contributed by atoms with Gasteiger partial charge in [0, 0.05) is 26.1 Å². The Hall–Kier alpha value is -1.89. The molecule has 1 aromatic rings. The highest BCUT2D eigenvalue weighted by molar-refractivity contribution is 5.85. The number of aliphatic carboxylic acids is 1. The van der Waals surface area contributed by atoms with Crippen molar-refractivity contribution in [3.05, 3.63) is 17.7 Å². The van der Waals surface area contributed by atoms with Crippen LogP contribution in [0.5, 0.6) is 0 Å². The van der Waals surface area contributed by atoms with Crippen molar-refractivity contribution in [2.45, 2.75) is 19.0 Å². The number of aromatic amines is 1. The molecule has 18 heavy (non-hydrogen) atoms. The number of fused-ring (bicyclic) bond motifs is 1. The Morgan fingerprint density at radius 1 is 1.44 bits per heavy atom. The van der Waals surface area contributed by atoms with Crippen molar-refractivity contribution in [2.24, 2.45) is 5.92 Å². The van der Waals surface area contributed by atoms with Gasteiger partial charge in [-0.25, -0.2) is 4.98 Å². The summed E-state index contributed by atoms with van der Waals surface area (Å²) in [7, 11) is 0. The monoisotopic (exact) mass is 250 g/mol. The summed E-state index contributed by atoms with van der Waals surface area (Å²) in [6.45, 7) is 1.24. The van der Waals surface area contributed by atoms with Gasteiger partial charge in [0.25, 0.3) is 0 Å². The molecule has 3 heterocycles. The highest BCUT2D eigenvalue weighted by Crippen LogP contribution is 2.20. The normalized spacial score (nSPS) is 23.3. The standard InChI is InChI=1S/C11H14N4O3/c16-10(15-3-6(4-15)11(17)18)8-1-7-9(2-12-8)14-5-13-7/h5-6,8,12H,1-4H2,(H,13,14)(H,17,18). The van der Waals surface area contributed by atoms with Crippen LogP contribution in [0.1, 0.15) is 11.4 Å². The summed E-state index contributed by atoms with van der Waals surface area (Å²) in [5.41, 5.74) is 1.94. The summed E-state index contributed by atoms with van der Waals surface area (Å²) < 4.78 is 0. The van der Waals surface area contributed by atoms with Crippen molar-refractivity contribution in [1.82, 2.24) is 20.2 Å². The minimum absolute atomic E-state index is 0.0267. The SMILES string of the molecule is O=C(O)C1CN(C(=O)C2Cc3nc[nH]c3CN2)C1. The molecule has 0 radical (unpaired) electrons. The zero-order valence-electron chi connectivity index (χ0n) is 9.72. The zero-order chi connectivity index (χ0) is 12.7. The molecule has 3 rings (SSSR count). The molecular weight excluding hydrogens is 236 g/mol. The minimum Gasteiger partial charge on any atom is -0.481 e. The average Bonchev–Trinajstić information content (AvgIpc) is 2.72. The van der Waals surface area contributed by atoms with E-state index in [1.54, 1.807) is 11.2 Å². The van der Waals surface area contributed by atoms with E-state index < -0.39 is 11.9 Å². The van der Waals surface area contributed by atoms with Crippen LogP contribution in [-0.2, 0) is 22.6 Å². The molecule has 0 aliphatic carbocycles. The van der Waals surface area contributed by atoms with Gasteiger partial charge in [0.2, 0.25) is 5.91 Å². The molecular formula is C11H14N4O3. The molecule has 2 aliphatic heterocycles. The van der Waals surface area contributed by atoms with Gasteiger partial charge in [-0.3, -0.25) is 14.9 Å². The maximum absolute atomic E-state index is 12.1. The van der Waals surface area contributed by atoms with Gasteiger partial charge in [-0.1, -0.05) is 0 Å². The zero-order valence-corrected chi connectivity index (χ0v) is 9.72. The van der Waals surface area contributed by atoms with Crippen molar-refractivity contribution >= 4 is 11.9 Å². The second kappa shape index (κ2) is 4.09. The fourth-order valence-corrected chi connectivity index (χ4v) is 2.38. The first-order valence-corrected chi connectivity index (χ1v) is 5.91. The summed E-state index contributed by atoms with van der Waals surface area (Å²) >= 11 is 0. The summed E-state index contributed by atoms with van der Waals surface area (Å²) in [4.78, 5) is 31.6. The van der Waals surface area contributed by atoms with Gasteiger partial charge in [-0.05, 0) is 0 Å². The summed E-state index contributed by atoms with van der Waals surface area (Å²) in [6.07, 6.45) is 2.19. The molecule has 7 heteroatoms. The van der Waals surface area contributed by atoms with Crippen LogP contribution in [0.3, 0.4) is 0 Å². The third kappa shape index (κ3) is 1.76. The number of nitrogens with zero attached hydrogens (tertiary/aromatic N) is 2. The van der Waals surface area contributed by atoms with Crippen LogP contribution in [0.25, 0.3) is 0 Å².